The first kappa shape index (κ1) is 20.3. The Morgan fingerprint density at radius 2 is 1.70 bits per heavy atom. The Labute approximate surface area is 139 Å². The van der Waals surface area contributed by atoms with Crippen molar-refractivity contribution in [1.82, 2.24) is 10.0 Å². The van der Waals surface area contributed by atoms with Crippen molar-refractivity contribution < 1.29 is 19.2 Å². The van der Waals surface area contributed by atoms with Gasteiger partial charge in [-0.25, -0.2) is 0 Å². The predicted molar refractivity (Wildman–Crippen MR) is 90.8 cm³/mol. The first-order chi connectivity index (χ1) is 10.3. The van der Waals surface area contributed by atoms with Crippen LogP contribution >= 0.6 is 7.60 Å². The average molecular weight is 344 g/mol. The molecule has 23 heavy (non-hydrogen) atoms. The van der Waals surface area contributed by atoms with Gasteiger partial charge in [0.2, 0.25) is 0 Å². The van der Waals surface area contributed by atoms with E-state index in [2.05, 4.69) is 4.98 Å². The molecule has 0 radical (unpaired) electrons. The van der Waals surface area contributed by atoms with Crippen molar-refractivity contribution >= 4 is 7.60 Å². The number of hydrogen-bond acceptors (Lipinski definition) is 4. The van der Waals surface area contributed by atoms with Crippen molar-refractivity contribution in [2.75, 3.05) is 6.61 Å². The standard InChI is InChI=1S/C16H29N2O4P/c1-15(2,3)14(23(19,20)21)18(16(4,5)6)22-12-9-13-7-10-17-11-8-13/h7-8,10-11,14H,9,12H2,1-6H3,(H2,19,20,21). The van der Waals surface area contributed by atoms with Crippen molar-refractivity contribution in [2.45, 2.75) is 59.3 Å². The van der Waals surface area contributed by atoms with Crippen LogP contribution in [0.4, 0.5) is 0 Å². The third-order valence-corrected chi connectivity index (χ3v) is 4.97. The summed E-state index contributed by atoms with van der Waals surface area (Å²) < 4.78 is 12.1. The minimum atomic E-state index is -4.37. The molecule has 1 unspecified atom stereocenters. The largest absolute Gasteiger partial charge is 0.345 e. The van der Waals surface area contributed by atoms with E-state index in [1.54, 1.807) is 12.4 Å². The van der Waals surface area contributed by atoms with Gasteiger partial charge < -0.3 is 9.79 Å². The Kier molecular flexibility index (Phi) is 6.53. The minimum Gasteiger partial charge on any atom is -0.323 e. The summed E-state index contributed by atoms with van der Waals surface area (Å²) in [7, 11) is -4.37. The molecule has 0 spiro atoms. The molecule has 1 aromatic rings. The number of nitrogens with zero attached hydrogens (tertiary/aromatic N) is 2. The second kappa shape index (κ2) is 7.41. The highest BCUT2D eigenvalue weighted by atomic mass is 31.2. The van der Waals surface area contributed by atoms with Crippen molar-refractivity contribution in [1.29, 1.82) is 0 Å². The minimum absolute atomic E-state index is 0.341. The highest BCUT2D eigenvalue weighted by molar-refractivity contribution is 7.52. The van der Waals surface area contributed by atoms with E-state index in [1.165, 1.54) is 5.06 Å². The molecule has 1 atom stereocenters. The zero-order valence-corrected chi connectivity index (χ0v) is 15.7. The second-order valence-electron chi connectivity index (χ2n) is 7.76. The zero-order valence-electron chi connectivity index (χ0n) is 14.9. The summed E-state index contributed by atoms with van der Waals surface area (Å²) >= 11 is 0. The van der Waals surface area contributed by atoms with Crippen molar-refractivity contribution in [3.05, 3.63) is 30.1 Å². The summed E-state index contributed by atoms with van der Waals surface area (Å²) in [4.78, 5) is 29.5. The smallest absolute Gasteiger partial charge is 0.323 e. The van der Waals surface area contributed by atoms with Gasteiger partial charge in [-0.2, -0.15) is 5.06 Å². The summed E-state index contributed by atoms with van der Waals surface area (Å²) in [5.74, 6) is -1.02. The lowest BCUT2D eigenvalue weighted by Gasteiger charge is -2.45. The van der Waals surface area contributed by atoms with E-state index < -0.39 is 24.3 Å². The van der Waals surface area contributed by atoms with Crippen LogP contribution in [-0.2, 0) is 15.8 Å². The second-order valence-corrected chi connectivity index (χ2v) is 9.43. The van der Waals surface area contributed by atoms with E-state index in [9.17, 15) is 14.4 Å². The van der Waals surface area contributed by atoms with Crippen molar-refractivity contribution in [2.24, 2.45) is 5.41 Å². The Hall–Kier alpha value is -0.780. The molecule has 0 saturated heterocycles. The number of pyridine rings is 1. The maximum absolute atomic E-state index is 12.1. The van der Waals surface area contributed by atoms with Crippen LogP contribution in [0.1, 0.15) is 47.1 Å². The van der Waals surface area contributed by atoms with Crippen molar-refractivity contribution in [3.8, 4) is 0 Å². The van der Waals surface area contributed by atoms with Crippen molar-refractivity contribution in [3.63, 3.8) is 0 Å². The third kappa shape index (κ3) is 6.32. The van der Waals surface area contributed by atoms with Crippen LogP contribution in [0.25, 0.3) is 0 Å². The van der Waals surface area contributed by atoms with Gasteiger partial charge in [-0.05, 0) is 50.3 Å². The molecule has 0 aliphatic rings. The van der Waals surface area contributed by atoms with Gasteiger partial charge in [-0.15, -0.1) is 0 Å². The molecule has 0 amide bonds. The first-order valence-electron chi connectivity index (χ1n) is 7.70. The van der Waals surface area contributed by atoms with E-state index in [1.807, 2.05) is 53.7 Å². The molecule has 7 heteroatoms. The van der Waals surface area contributed by atoms with Gasteiger partial charge in [0.15, 0.2) is 0 Å². The van der Waals surface area contributed by atoms with E-state index in [0.717, 1.165) is 5.56 Å². The quantitative estimate of drug-likeness (QED) is 0.609. The van der Waals surface area contributed by atoms with Gasteiger partial charge in [0, 0.05) is 17.9 Å². The Bertz CT molecular complexity index is 531. The van der Waals surface area contributed by atoms with Crippen LogP contribution in [0.5, 0.6) is 0 Å². The van der Waals surface area contributed by atoms with Gasteiger partial charge in [-0.3, -0.25) is 14.4 Å². The fourth-order valence-corrected chi connectivity index (χ4v) is 4.13. The number of rotatable bonds is 6. The fraction of sp³-hybridized carbons (Fsp3) is 0.688. The van der Waals surface area contributed by atoms with E-state index >= 15 is 0 Å². The normalized spacial score (nSPS) is 15.0. The summed E-state index contributed by atoms with van der Waals surface area (Å²) in [6.45, 7) is 11.4. The Balaban J connectivity index is 2.93. The predicted octanol–water partition coefficient (Wildman–Crippen LogP) is 3.21. The summed E-state index contributed by atoms with van der Waals surface area (Å²) in [6.07, 6.45) is 4.07. The van der Waals surface area contributed by atoms with Crippen LogP contribution in [0.2, 0.25) is 0 Å². The molecule has 6 nitrogen and oxygen atoms in total. The van der Waals surface area contributed by atoms with Gasteiger partial charge in [0.05, 0.1) is 6.61 Å². The SMILES string of the molecule is CC(C)(C)C(N(OCCc1ccncc1)C(C)(C)C)P(=O)(O)O. The molecule has 0 aromatic carbocycles. The van der Waals surface area contributed by atoms with Gasteiger partial charge >= 0.3 is 7.60 Å². The first-order valence-corrected chi connectivity index (χ1v) is 9.38. The lowest BCUT2D eigenvalue weighted by atomic mass is 9.94. The summed E-state index contributed by atoms with van der Waals surface area (Å²) in [5, 5.41) is 1.47. The number of hydrogen-bond donors (Lipinski definition) is 2. The Morgan fingerprint density at radius 1 is 1.17 bits per heavy atom. The van der Waals surface area contributed by atoms with Crippen LogP contribution in [-0.4, -0.2) is 37.8 Å². The Morgan fingerprint density at radius 3 is 2.09 bits per heavy atom. The maximum Gasteiger partial charge on any atom is 0.345 e. The monoisotopic (exact) mass is 344 g/mol. The number of aromatic nitrogens is 1. The van der Waals surface area contributed by atoms with E-state index in [0.29, 0.717) is 13.0 Å². The van der Waals surface area contributed by atoms with Crippen LogP contribution in [0.3, 0.4) is 0 Å². The molecule has 0 aliphatic carbocycles. The highest BCUT2D eigenvalue weighted by Crippen LogP contribution is 2.52. The van der Waals surface area contributed by atoms with Gasteiger partial charge in [0.25, 0.3) is 0 Å². The fourth-order valence-electron chi connectivity index (χ4n) is 2.44. The zero-order chi connectivity index (χ0) is 17.9. The molecule has 1 heterocycles. The summed E-state index contributed by atoms with van der Waals surface area (Å²) in [5.41, 5.74) is -0.113. The molecule has 0 aliphatic heterocycles. The van der Waals surface area contributed by atoms with Crippen LogP contribution in [0.15, 0.2) is 24.5 Å². The molecule has 0 saturated carbocycles. The third-order valence-electron chi connectivity index (χ3n) is 3.35. The summed E-state index contributed by atoms with van der Waals surface area (Å²) in [6, 6.07) is 3.80. The molecule has 2 N–H and O–H groups in total. The van der Waals surface area contributed by atoms with Gasteiger partial charge in [-0.1, -0.05) is 20.8 Å². The molecular weight excluding hydrogens is 315 g/mol. The molecule has 0 bridgehead atoms. The topological polar surface area (TPSA) is 82.9 Å². The highest BCUT2D eigenvalue weighted by Gasteiger charge is 2.48. The maximum atomic E-state index is 12.1. The van der Waals surface area contributed by atoms with Gasteiger partial charge in [0.1, 0.15) is 5.78 Å². The lowest BCUT2D eigenvalue weighted by Crippen LogP contribution is -2.53. The van der Waals surface area contributed by atoms with Crippen LogP contribution < -0.4 is 0 Å². The molecule has 0 fully saturated rings. The molecule has 1 rings (SSSR count). The van der Waals surface area contributed by atoms with E-state index in [-0.39, 0.29) is 0 Å². The molecule has 132 valence electrons. The average Bonchev–Trinajstić information content (AvgIpc) is 2.34. The lowest BCUT2D eigenvalue weighted by molar-refractivity contribution is -0.236. The van der Waals surface area contributed by atoms with Crippen LogP contribution in [0, 0.1) is 5.41 Å². The molecule has 1 aromatic heterocycles. The van der Waals surface area contributed by atoms with E-state index in [4.69, 9.17) is 4.84 Å². The number of hydroxylamine groups is 2. The molecular formula is C16H29N2O4P.